The first-order valence-electron chi connectivity index (χ1n) is 17.8. The second-order valence-corrected chi connectivity index (χ2v) is 16.4. The van der Waals surface area contributed by atoms with Crippen molar-refractivity contribution in [2.75, 3.05) is 4.90 Å². The summed E-state index contributed by atoms with van der Waals surface area (Å²) in [7, 11) is 0.693. The zero-order valence-corrected chi connectivity index (χ0v) is 29.3. The molecule has 49 heavy (non-hydrogen) atoms. The fourth-order valence-electron chi connectivity index (χ4n) is 8.53. The van der Waals surface area contributed by atoms with Crippen LogP contribution in [0.2, 0.25) is 0 Å². The summed E-state index contributed by atoms with van der Waals surface area (Å²) >= 11 is 2.07. The molecule has 0 aromatic heterocycles. The lowest BCUT2D eigenvalue weighted by Gasteiger charge is -2.36. The highest BCUT2D eigenvalue weighted by Crippen LogP contribution is 2.51. The van der Waals surface area contributed by atoms with Gasteiger partial charge in [0.2, 0.25) is 0 Å². The summed E-state index contributed by atoms with van der Waals surface area (Å²) < 4.78 is 0. The molecule has 3 heteroatoms. The van der Waals surface area contributed by atoms with Gasteiger partial charge in [-0.05, 0) is 111 Å². The SMILES string of the molecule is C1=CC2Sc3c(ccc4c3-c3ccc(N(C5=CC(c6ccccc6)=CCC5)C5C=CC(c6ccc7c(c6)CCC=C7)=CC5)cc3[Si]4)C2C=C1. The van der Waals surface area contributed by atoms with Crippen LogP contribution < -0.4 is 15.3 Å². The van der Waals surface area contributed by atoms with E-state index in [0.717, 1.165) is 32.1 Å². The van der Waals surface area contributed by atoms with Gasteiger partial charge in [-0.15, -0.1) is 11.8 Å². The maximum absolute atomic E-state index is 2.66. The molecule has 0 saturated carbocycles. The van der Waals surface area contributed by atoms with Crippen molar-refractivity contribution < 1.29 is 0 Å². The number of hydrogen-bond donors (Lipinski definition) is 0. The number of allylic oxidation sites excluding steroid dienone is 10. The largest absolute Gasteiger partial charge is 0.338 e. The second kappa shape index (κ2) is 12.1. The van der Waals surface area contributed by atoms with Crippen molar-refractivity contribution in [3.05, 3.63) is 173 Å². The molecule has 0 N–H and O–H groups in total. The fraction of sp³-hybridized carbons (Fsp3) is 0.174. The van der Waals surface area contributed by atoms with E-state index in [-0.39, 0.29) is 6.04 Å². The molecule has 0 fully saturated rings. The average molecular weight is 664 g/mol. The molecule has 3 unspecified atom stereocenters. The summed E-state index contributed by atoms with van der Waals surface area (Å²) in [5.41, 5.74) is 15.3. The number of thioether (sulfide) groups is 1. The molecule has 4 aliphatic carbocycles. The first-order chi connectivity index (χ1) is 24.3. The molecular formula is C46H37NSSi. The summed E-state index contributed by atoms with van der Waals surface area (Å²) in [6.07, 6.45) is 31.4. The maximum Gasteiger partial charge on any atom is 0.123 e. The molecule has 2 heterocycles. The van der Waals surface area contributed by atoms with Gasteiger partial charge >= 0.3 is 0 Å². The van der Waals surface area contributed by atoms with Crippen LogP contribution in [0.3, 0.4) is 0 Å². The minimum Gasteiger partial charge on any atom is -0.338 e. The molecule has 10 rings (SSSR count). The van der Waals surface area contributed by atoms with E-state index in [0.29, 0.717) is 20.7 Å². The smallest absolute Gasteiger partial charge is 0.123 e. The summed E-state index contributed by atoms with van der Waals surface area (Å²) in [4.78, 5) is 4.17. The predicted octanol–water partition coefficient (Wildman–Crippen LogP) is 9.95. The molecule has 4 aromatic rings. The maximum atomic E-state index is 2.66. The first-order valence-corrected chi connectivity index (χ1v) is 19.7. The van der Waals surface area contributed by atoms with Gasteiger partial charge in [-0.25, -0.2) is 0 Å². The van der Waals surface area contributed by atoms with Crippen LogP contribution in [-0.2, 0) is 6.42 Å². The van der Waals surface area contributed by atoms with Crippen molar-refractivity contribution >= 4 is 54.6 Å². The third kappa shape index (κ3) is 5.14. The molecule has 4 aromatic carbocycles. The topological polar surface area (TPSA) is 3.24 Å². The van der Waals surface area contributed by atoms with Crippen molar-refractivity contribution in [3.8, 4) is 11.1 Å². The summed E-state index contributed by atoms with van der Waals surface area (Å²) in [6, 6.07) is 30.4. The van der Waals surface area contributed by atoms with E-state index < -0.39 is 0 Å². The van der Waals surface area contributed by atoms with E-state index >= 15 is 0 Å². The molecule has 0 bridgehead atoms. The third-order valence-corrected chi connectivity index (χ3v) is 13.7. The first kappa shape index (κ1) is 29.4. The molecule has 2 aliphatic heterocycles. The Labute approximate surface area is 296 Å². The van der Waals surface area contributed by atoms with E-state index in [1.807, 2.05) is 0 Å². The van der Waals surface area contributed by atoms with Gasteiger partial charge in [0.25, 0.3) is 0 Å². The van der Waals surface area contributed by atoms with E-state index in [4.69, 9.17) is 0 Å². The van der Waals surface area contributed by atoms with Crippen molar-refractivity contribution in [1.82, 2.24) is 0 Å². The highest BCUT2D eigenvalue weighted by atomic mass is 32.2. The van der Waals surface area contributed by atoms with Crippen molar-refractivity contribution in [2.45, 2.75) is 54.2 Å². The number of nitrogens with zero attached hydrogens (tertiary/aromatic N) is 1. The van der Waals surface area contributed by atoms with E-state index in [2.05, 4.69) is 162 Å². The Morgan fingerprint density at radius 2 is 1.67 bits per heavy atom. The highest BCUT2D eigenvalue weighted by Gasteiger charge is 2.36. The fourth-order valence-corrected chi connectivity index (χ4v) is 11.5. The van der Waals surface area contributed by atoms with E-state index in [9.17, 15) is 0 Å². The van der Waals surface area contributed by atoms with Gasteiger partial charge in [-0.2, -0.15) is 0 Å². The third-order valence-electron chi connectivity index (χ3n) is 11.0. The number of aryl methyl sites for hydroxylation is 1. The molecule has 0 saturated heterocycles. The monoisotopic (exact) mass is 663 g/mol. The summed E-state index contributed by atoms with van der Waals surface area (Å²) in [6.45, 7) is 0. The van der Waals surface area contributed by atoms with Crippen LogP contribution in [0.5, 0.6) is 0 Å². The Kier molecular flexibility index (Phi) is 7.24. The van der Waals surface area contributed by atoms with Crippen molar-refractivity contribution in [2.24, 2.45) is 0 Å². The van der Waals surface area contributed by atoms with Crippen LogP contribution in [0.25, 0.3) is 28.3 Å². The van der Waals surface area contributed by atoms with Gasteiger partial charge in [0.1, 0.15) is 9.52 Å². The van der Waals surface area contributed by atoms with Crippen molar-refractivity contribution in [3.63, 3.8) is 0 Å². The highest BCUT2D eigenvalue weighted by molar-refractivity contribution is 8.00. The minimum absolute atomic E-state index is 0.261. The molecule has 0 amide bonds. The van der Waals surface area contributed by atoms with Gasteiger partial charge < -0.3 is 4.90 Å². The minimum atomic E-state index is 0.261. The molecule has 236 valence electrons. The Morgan fingerprint density at radius 1 is 0.735 bits per heavy atom. The number of rotatable bonds is 5. The number of fused-ring (bicyclic) bond motifs is 8. The quantitative estimate of drug-likeness (QED) is 0.172. The van der Waals surface area contributed by atoms with Gasteiger partial charge in [-0.3, -0.25) is 0 Å². The summed E-state index contributed by atoms with van der Waals surface area (Å²) in [5, 5.41) is 3.52. The van der Waals surface area contributed by atoms with E-state index in [1.54, 1.807) is 0 Å². The molecular weight excluding hydrogens is 627 g/mol. The molecule has 3 atom stereocenters. The lowest BCUT2D eigenvalue weighted by Crippen LogP contribution is -2.35. The van der Waals surface area contributed by atoms with Gasteiger partial charge in [-0.1, -0.05) is 127 Å². The zero-order valence-electron chi connectivity index (χ0n) is 27.5. The molecule has 1 nitrogen and oxygen atoms in total. The average Bonchev–Trinajstić information content (AvgIpc) is 3.73. The standard InChI is InChI=1S/C46H37NSSi/c1-2-9-30(10-3-1)34-13-8-14-37(28-34)47(36-21-19-32(20-22-36)35-18-17-31-11-4-5-12-33(31)27-35)38-23-24-41-44(29-38)49-43-26-25-40-39-15-6-7-16-42(39)48-46(40)45(41)43/h1-4,6-7,9-11,13,15-21,23-29,36,39,42H,5,8,12,14,22H2. The number of anilines is 1. The Bertz CT molecular complexity index is 2230. The van der Waals surface area contributed by atoms with Crippen LogP contribution in [0.1, 0.15) is 59.4 Å². The van der Waals surface area contributed by atoms with Crippen LogP contribution >= 0.6 is 11.8 Å². The van der Waals surface area contributed by atoms with Gasteiger partial charge in [0.15, 0.2) is 0 Å². The van der Waals surface area contributed by atoms with Crippen LogP contribution in [-0.4, -0.2) is 20.8 Å². The lowest BCUT2D eigenvalue weighted by molar-refractivity contribution is 0.723. The van der Waals surface area contributed by atoms with Gasteiger partial charge in [0, 0.05) is 27.4 Å². The Balaban J connectivity index is 1.01. The normalized spacial score (nSPS) is 22.4. The molecule has 2 radical (unpaired) electrons. The zero-order chi connectivity index (χ0) is 32.3. The van der Waals surface area contributed by atoms with Crippen LogP contribution in [0.15, 0.2) is 150 Å². The van der Waals surface area contributed by atoms with Crippen molar-refractivity contribution in [1.29, 1.82) is 0 Å². The number of benzene rings is 4. The van der Waals surface area contributed by atoms with Crippen LogP contribution in [0.4, 0.5) is 5.69 Å². The lowest BCUT2D eigenvalue weighted by atomic mass is 9.89. The summed E-state index contributed by atoms with van der Waals surface area (Å²) in [5.74, 6) is 0.497. The molecule has 6 aliphatic rings. The number of hydrogen-bond acceptors (Lipinski definition) is 2. The Hall–Kier alpha value is -4.57. The van der Waals surface area contributed by atoms with Gasteiger partial charge in [0.05, 0.1) is 6.04 Å². The van der Waals surface area contributed by atoms with E-state index in [1.165, 1.54) is 76.7 Å². The predicted molar refractivity (Wildman–Crippen MR) is 211 cm³/mol. The molecule has 0 spiro atoms. The second-order valence-electron chi connectivity index (χ2n) is 13.9. The Morgan fingerprint density at radius 3 is 2.59 bits per heavy atom. The van der Waals surface area contributed by atoms with Crippen LogP contribution in [0, 0.1) is 0 Å².